The van der Waals surface area contributed by atoms with Crippen LogP contribution < -0.4 is 10.6 Å². The molecule has 1 aromatic heterocycles. The van der Waals surface area contributed by atoms with Crippen LogP contribution in [0.4, 0.5) is 27.5 Å². The number of hydrogen-bond donors (Lipinski definition) is 2. The first-order valence-corrected chi connectivity index (χ1v) is 7.65. The summed E-state index contributed by atoms with van der Waals surface area (Å²) in [7, 11) is 0. The molecular formula is C16H13BrFN5. The van der Waals surface area contributed by atoms with E-state index in [-0.39, 0.29) is 5.82 Å². The summed E-state index contributed by atoms with van der Waals surface area (Å²) in [5.41, 5.74) is 2.53. The Hall–Kier alpha value is -2.54. The predicted molar refractivity (Wildman–Crippen MR) is 91.7 cm³/mol. The van der Waals surface area contributed by atoms with E-state index in [1.54, 1.807) is 12.1 Å². The van der Waals surface area contributed by atoms with Crippen molar-refractivity contribution in [3.63, 3.8) is 0 Å². The van der Waals surface area contributed by atoms with E-state index >= 15 is 0 Å². The topological polar surface area (TPSA) is 62.7 Å². The van der Waals surface area contributed by atoms with E-state index in [2.05, 4.69) is 41.7 Å². The highest BCUT2D eigenvalue weighted by atomic mass is 79.9. The number of benzene rings is 2. The Morgan fingerprint density at radius 1 is 1.09 bits per heavy atom. The number of aromatic nitrogens is 3. The summed E-state index contributed by atoms with van der Waals surface area (Å²) >= 11 is 3.42. The van der Waals surface area contributed by atoms with Gasteiger partial charge in [0.15, 0.2) is 5.82 Å². The first-order valence-electron chi connectivity index (χ1n) is 6.86. The summed E-state index contributed by atoms with van der Waals surface area (Å²) in [5, 5.41) is 14.0. The number of hydrogen-bond acceptors (Lipinski definition) is 5. The Bertz CT molecular complexity index is 840. The van der Waals surface area contributed by atoms with Gasteiger partial charge in [-0.3, -0.25) is 0 Å². The van der Waals surface area contributed by atoms with Crippen molar-refractivity contribution in [1.82, 2.24) is 15.2 Å². The molecule has 0 bridgehead atoms. The van der Waals surface area contributed by atoms with Crippen LogP contribution in [0.5, 0.6) is 0 Å². The second-order valence-corrected chi connectivity index (χ2v) is 5.80. The van der Waals surface area contributed by atoms with Crippen molar-refractivity contribution in [2.75, 3.05) is 10.6 Å². The molecule has 0 saturated carbocycles. The third-order valence-corrected chi connectivity index (χ3v) is 3.58. The third kappa shape index (κ3) is 4.01. The quantitative estimate of drug-likeness (QED) is 0.701. The van der Waals surface area contributed by atoms with E-state index in [1.807, 2.05) is 25.1 Å². The van der Waals surface area contributed by atoms with Crippen LogP contribution in [-0.4, -0.2) is 15.2 Å². The number of rotatable bonds is 4. The summed E-state index contributed by atoms with van der Waals surface area (Å²) in [4.78, 5) is 4.33. The fourth-order valence-corrected chi connectivity index (χ4v) is 2.49. The summed E-state index contributed by atoms with van der Waals surface area (Å²) in [6.45, 7) is 1.98. The third-order valence-electron chi connectivity index (χ3n) is 3.09. The molecular weight excluding hydrogens is 361 g/mol. The summed E-state index contributed by atoms with van der Waals surface area (Å²) in [6, 6.07) is 12.0. The van der Waals surface area contributed by atoms with Gasteiger partial charge in [0.05, 0.1) is 6.20 Å². The Balaban J connectivity index is 1.79. The number of nitrogens with zero attached hydrogens (tertiary/aromatic N) is 3. The van der Waals surface area contributed by atoms with Gasteiger partial charge in [-0.25, -0.2) is 4.39 Å². The maximum atomic E-state index is 13.2. The van der Waals surface area contributed by atoms with Gasteiger partial charge in [-0.15, -0.1) is 5.10 Å². The molecule has 3 aromatic rings. The Morgan fingerprint density at radius 3 is 2.74 bits per heavy atom. The fourth-order valence-electron chi connectivity index (χ4n) is 2.02. The number of halogens is 2. The molecule has 3 rings (SSSR count). The van der Waals surface area contributed by atoms with Gasteiger partial charge in [-0.2, -0.15) is 10.1 Å². The highest BCUT2D eigenvalue weighted by Gasteiger charge is 2.05. The lowest BCUT2D eigenvalue weighted by Crippen LogP contribution is -2.03. The van der Waals surface area contributed by atoms with Crippen molar-refractivity contribution in [2.45, 2.75) is 6.92 Å². The van der Waals surface area contributed by atoms with Gasteiger partial charge in [-0.1, -0.05) is 22.0 Å². The number of aryl methyl sites for hydroxylation is 1. The van der Waals surface area contributed by atoms with Crippen molar-refractivity contribution >= 4 is 39.1 Å². The first kappa shape index (κ1) is 15.4. The van der Waals surface area contributed by atoms with Crippen LogP contribution in [0, 0.1) is 12.7 Å². The van der Waals surface area contributed by atoms with E-state index in [0.29, 0.717) is 17.5 Å². The van der Waals surface area contributed by atoms with Gasteiger partial charge >= 0.3 is 0 Å². The van der Waals surface area contributed by atoms with Crippen LogP contribution in [0.1, 0.15) is 5.56 Å². The minimum absolute atomic E-state index is 0.319. The zero-order chi connectivity index (χ0) is 16.2. The average Bonchev–Trinajstić information content (AvgIpc) is 2.51. The summed E-state index contributed by atoms with van der Waals surface area (Å²) < 4.78 is 14.2. The van der Waals surface area contributed by atoms with Gasteiger partial charge in [0.1, 0.15) is 5.82 Å². The van der Waals surface area contributed by atoms with Gasteiger partial charge in [0, 0.05) is 15.8 Å². The van der Waals surface area contributed by atoms with Crippen LogP contribution in [0.25, 0.3) is 0 Å². The smallest absolute Gasteiger partial charge is 0.249 e. The molecule has 0 amide bonds. The Kier molecular flexibility index (Phi) is 4.47. The van der Waals surface area contributed by atoms with Crippen molar-refractivity contribution in [3.05, 3.63) is 64.5 Å². The summed E-state index contributed by atoms with van der Waals surface area (Å²) in [5.74, 6) is 0.514. The number of anilines is 4. The molecule has 0 atom stereocenters. The van der Waals surface area contributed by atoms with Crippen molar-refractivity contribution in [3.8, 4) is 0 Å². The molecule has 2 aromatic carbocycles. The second-order valence-electron chi connectivity index (χ2n) is 4.88. The van der Waals surface area contributed by atoms with E-state index in [4.69, 9.17) is 0 Å². The molecule has 0 aliphatic carbocycles. The maximum absolute atomic E-state index is 13.2. The standard InChI is InChI=1S/C16H13BrFN5/c1-10-7-11(17)5-6-14(10)21-16-22-15(9-19-23-16)20-13-4-2-3-12(18)8-13/h2-9H,1H3,(H2,20,21,22,23). The van der Waals surface area contributed by atoms with Crippen LogP contribution in [0.15, 0.2) is 53.1 Å². The normalized spacial score (nSPS) is 10.4. The maximum Gasteiger partial charge on any atom is 0.249 e. The highest BCUT2D eigenvalue weighted by molar-refractivity contribution is 9.10. The van der Waals surface area contributed by atoms with Gasteiger partial charge in [0.25, 0.3) is 0 Å². The zero-order valence-electron chi connectivity index (χ0n) is 12.2. The SMILES string of the molecule is Cc1cc(Br)ccc1Nc1nncc(Nc2cccc(F)c2)n1. The molecule has 2 N–H and O–H groups in total. The lowest BCUT2D eigenvalue weighted by Gasteiger charge is -2.09. The van der Waals surface area contributed by atoms with Crippen LogP contribution in [0.2, 0.25) is 0 Å². The molecule has 7 heteroatoms. The average molecular weight is 374 g/mol. The molecule has 5 nitrogen and oxygen atoms in total. The molecule has 0 fully saturated rings. The highest BCUT2D eigenvalue weighted by Crippen LogP contribution is 2.23. The molecule has 0 unspecified atom stereocenters. The lowest BCUT2D eigenvalue weighted by molar-refractivity contribution is 0.628. The monoisotopic (exact) mass is 373 g/mol. The minimum atomic E-state index is -0.319. The van der Waals surface area contributed by atoms with Crippen molar-refractivity contribution in [2.24, 2.45) is 0 Å². The summed E-state index contributed by atoms with van der Waals surface area (Å²) in [6.07, 6.45) is 1.48. The van der Waals surface area contributed by atoms with Gasteiger partial charge < -0.3 is 10.6 Å². The van der Waals surface area contributed by atoms with Crippen LogP contribution in [0.3, 0.4) is 0 Å². The van der Waals surface area contributed by atoms with Crippen LogP contribution >= 0.6 is 15.9 Å². The molecule has 0 aliphatic heterocycles. The van der Waals surface area contributed by atoms with Crippen molar-refractivity contribution in [1.29, 1.82) is 0 Å². The minimum Gasteiger partial charge on any atom is -0.339 e. The first-order chi connectivity index (χ1) is 11.1. The zero-order valence-corrected chi connectivity index (χ0v) is 13.8. The largest absolute Gasteiger partial charge is 0.339 e. The Labute approximate surface area is 141 Å². The van der Waals surface area contributed by atoms with E-state index in [0.717, 1.165) is 15.7 Å². The van der Waals surface area contributed by atoms with Gasteiger partial charge in [-0.05, 0) is 48.9 Å². The van der Waals surface area contributed by atoms with Gasteiger partial charge in [0.2, 0.25) is 5.95 Å². The van der Waals surface area contributed by atoms with Crippen molar-refractivity contribution < 1.29 is 4.39 Å². The van der Waals surface area contributed by atoms with E-state index in [1.165, 1.54) is 18.3 Å². The molecule has 116 valence electrons. The fraction of sp³-hybridized carbons (Fsp3) is 0.0625. The lowest BCUT2D eigenvalue weighted by atomic mass is 10.2. The molecule has 0 radical (unpaired) electrons. The van der Waals surface area contributed by atoms with Crippen LogP contribution in [-0.2, 0) is 0 Å². The number of nitrogens with one attached hydrogen (secondary N) is 2. The molecule has 0 aliphatic rings. The molecule has 1 heterocycles. The van der Waals surface area contributed by atoms with E-state index in [9.17, 15) is 4.39 Å². The van der Waals surface area contributed by atoms with E-state index < -0.39 is 0 Å². The molecule has 0 saturated heterocycles. The molecule has 23 heavy (non-hydrogen) atoms. The molecule has 0 spiro atoms. The predicted octanol–water partition coefficient (Wildman–Crippen LogP) is 4.57. The Morgan fingerprint density at radius 2 is 1.96 bits per heavy atom. The second kappa shape index (κ2) is 6.70.